The normalized spacial score (nSPS) is 18.3. The molecule has 0 saturated heterocycles. The average Bonchev–Trinajstić information content (AvgIpc) is 3.06. The molecule has 1 fully saturated rings. The Kier molecular flexibility index (Phi) is 3.06. The Hall–Kier alpha value is -1.56. The van der Waals surface area contributed by atoms with E-state index in [0.717, 1.165) is 12.1 Å². The molecule has 1 aromatic carbocycles. The summed E-state index contributed by atoms with van der Waals surface area (Å²) in [5, 5.41) is 2.58. The van der Waals surface area contributed by atoms with Crippen molar-refractivity contribution in [1.82, 2.24) is 5.32 Å². The lowest BCUT2D eigenvalue weighted by atomic mass is 10.0. The van der Waals surface area contributed by atoms with Crippen LogP contribution in [-0.2, 0) is 10.3 Å². The van der Waals surface area contributed by atoms with Gasteiger partial charge in [0, 0.05) is 5.56 Å². The van der Waals surface area contributed by atoms with Crippen molar-refractivity contribution in [3.63, 3.8) is 0 Å². The van der Waals surface area contributed by atoms with Crippen LogP contribution in [0.4, 0.5) is 13.2 Å². The molecule has 6 heteroatoms. The first-order valence-electron chi connectivity index (χ1n) is 5.59. The molecule has 0 spiro atoms. The number of hydrogen-bond donors (Lipinski definition) is 2. The maximum Gasteiger partial charge on any atom is 0.237 e. The topological polar surface area (TPSA) is 55.1 Å². The summed E-state index contributed by atoms with van der Waals surface area (Å²) in [6.07, 6.45) is 0.959. The van der Waals surface area contributed by atoms with E-state index < -0.39 is 34.9 Å². The number of rotatable bonds is 3. The summed E-state index contributed by atoms with van der Waals surface area (Å²) in [6, 6.07) is 1.27. The lowest BCUT2D eigenvalue weighted by Crippen LogP contribution is -2.44. The SMILES string of the molecule is CC(N)C(=O)NC1(c2ccc(F)c(F)c2F)CC1. The Morgan fingerprint density at radius 2 is 1.94 bits per heavy atom. The van der Waals surface area contributed by atoms with Gasteiger partial charge in [0.15, 0.2) is 17.5 Å². The minimum atomic E-state index is -1.52. The molecule has 18 heavy (non-hydrogen) atoms. The molecule has 1 unspecified atom stereocenters. The fourth-order valence-corrected chi connectivity index (χ4v) is 1.83. The highest BCUT2D eigenvalue weighted by atomic mass is 19.2. The third-order valence-electron chi connectivity index (χ3n) is 3.08. The summed E-state index contributed by atoms with van der Waals surface area (Å²) in [5.41, 5.74) is 4.43. The molecule has 0 aliphatic heterocycles. The van der Waals surface area contributed by atoms with E-state index >= 15 is 0 Å². The first kappa shape index (κ1) is 12.9. The van der Waals surface area contributed by atoms with Crippen LogP contribution in [0.15, 0.2) is 12.1 Å². The second-order valence-corrected chi connectivity index (χ2v) is 4.58. The van der Waals surface area contributed by atoms with E-state index in [1.807, 2.05) is 0 Å². The zero-order valence-corrected chi connectivity index (χ0v) is 9.77. The van der Waals surface area contributed by atoms with E-state index in [1.165, 1.54) is 6.92 Å². The fraction of sp³-hybridized carbons (Fsp3) is 0.417. The smallest absolute Gasteiger partial charge is 0.237 e. The lowest BCUT2D eigenvalue weighted by molar-refractivity contribution is -0.123. The Morgan fingerprint density at radius 1 is 1.33 bits per heavy atom. The van der Waals surface area contributed by atoms with Crippen LogP contribution in [0.1, 0.15) is 25.3 Å². The van der Waals surface area contributed by atoms with Crippen LogP contribution in [0.25, 0.3) is 0 Å². The Labute approximate surface area is 102 Å². The highest BCUT2D eigenvalue weighted by Gasteiger charge is 2.48. The molecule has 0 aromatic heterocycles. The number of amides is 1. The van der Waals surface area contributed by atoms with Gasteiger partial charge >= 0.3 is 0 Å². The predicted octanol–water partition coefficient (Wildman–Crippen LogP) is 1.56. The molecule has 98 valence electrons. The van der Waals surface area contributed by atoms with Crippen molar-refractivity contribution < 1.29 is 18.0 Å². The number of halogens is 3. The van der Waals surface area contributed by atoms with Gasteiger partial charge in [-0.1, -0.05) is 6.07 Å². The van der Waals surface area contributed by atoms with Gasteiger partial charge in [-0.05, 0) is 25.8 Å². The number of benzene rings is 1. The number of carbonyl (C=O) groups is 1. The second-order valence-electron chi connectivity index (χ2n) is 4.58. The number of carbonyl (C=O) groups excluding carboxylic acids is 1. The van der Waals surface area contributed by atoms with E-state index in [1.54, 1.807) is 0 Å². The van der Waals surface area contributed by atoms with Crippen molar-refractivity contribution in [3.05, 3.63) is 35.1 Å². The molecule has 3 N–H and O–H groups in total. The Bertz CT molecular complexity index is 498. The van der Waals surface area contributed by atoms with Crippen LogP contribution in [0.2, 0.25) is 0 Å². The van der Waals surface area contributed by atoms with Gasteiger partial charge in [-0.3, -0.25) is 4.79 Å². The van der Waals surface area contributed by atoms with Crippen molar-refractivity contribution in [3.8, 4) is 0 Å². The summed E-state index contributed by atoms with van der Waals surface area (Å²) in [4.78, 5) is 11.5. The molecule has 1 atom stereocenters. The summed E-state index contributed by atoms with van der Waals surface area (Å²) < 4.78 is 39.6. The van der Waals surface area contributed by atoms with Crippen molar-refractivity contribution in [2.24, 2.45) is 5.73 Å². The summed E-state index contributed by atoms with van der Waals surface area (Å²) in [7, 11) is 0. The number of nitrogens with one attached hydrogen (secondary N) is 1. The Balaban J connectivity index is 2.32. The molecule has 0 radical (unpaired) electrons. The van der Waals surface area contributed by atoms with Crippen LogP contribution in [0.5, 0.6) is 0 Å². The molecule has 1 aliphatic rings. The summed E-state index contributed by atoms with van der Waals surface area (Å²) in [6.45, 7) is 1.49. The maximum atomic E-state index is 13.7. The van der Waals surface area contributed by atoms with Crippen molar-refractivity contribution >= 4 is 5.91 Å². The molecule has 0 bridgehead atoms. The van der Waals surface area contributed by atoms with Crippen molar-refractivity contribution in [2.75, 3.05) is 0 Å². The molecule has 2 rings (SSSR count). The van der Waals surface area contributed by atoms with E-state index in [2.05, 4.69) is 5.32 Å². The molecule has 3 nitrogen and oxygen atoms in total. The monoisotopic (exact) mass is 258 g/mol. The zero-order valence-electron chi connectivity index (χ0n) is 9.77. The number of hydrogen-bond acceptors (Lipinski definition) is 2. The average molecular weight is 258 g/mol. The van der Waals surface area contributed by atoms with E-state index in [0.29, 0.717) is 12.8 Å². The van der Waals surface area contributed by atoms with Crippen LogP contribution in [0.3, 0.4) is 0 Å². The van der Waals surface area contributed by atoms with E-state index in [4.69, 9.17) is 5.73 Å². The summed E-state index contributed by atoms with van der Waals surface area (Å²) >= 11 is 0. The molecular weight excluding hydrogens is 245 g/mol. The van der Waals surface area contributed by atoms with Gasteiger partial charge in [-0.15, -0.1) is 0 Å². The van der Waals surface area contributed by atoms with Crippen LogP contribution in [-0.4, -0.2) is 11.9 Å². The summed E-state index contributed by atoms with van der Waals surface area (Å²) in [5.74, 6) is -4.46. The van der Waals surface area contributed by atoms with E-state index in [-0.39, 0.29) is 5.56 Å². The minimum absolute atomic E-state index is 0.0320. The third kappa shape index (κ3) is 2.08. The molecular formula is C12H13F3N2O. The Morgan fingerprint density at radius 3 is 2.44 bits per heavy atom. The third-order valence-corrected chi connectivity index (χ3v) is 3.08. The molecule has 1 saturated carbocycles. The first-order valence-corrected chi connectivity index (χ1v) is 5.59. The predicted molar refractivity (Wildman–Crippen MR) is 59.0 cm³/mol. The molecule has 1 amide bonds. The fourth-order valence-electron chi connectivity index (χ4n) is 1.83. The molecule has 1 aliphatic carbocycles. The van der Waals surface area contributed by atoms with Crippen LogP contribution in [0, 0.1) is 17.5 Å². The van der Waals surface area contributed by atoms with Crippen molar-refractivity contribution in [1.29, 1.82) is 0 Å². The van der Waals surface area contributed by atoms with Gasteiger partial charge in [-0.2, -0.15) is 0 Å². The van der Waals surface area contributed by atoms with Gasteiger partial charge in [-0.25, -0.2) is 13.2 Å². The molecule has 0 heterocycles. The standard InChI is InChI=1S/C12H13F3N2O/c1-6(16)11(18)17-12(4-5-12)7-2-3-8(13)10(15)9(7)14/h2-3,6H,4-5,16H2,1H3,(H,17,18). The second kappa shape index (κ2) is 4.28. The first-order chi connectivity index (χ1) is 8.37. The van der Waals surface area contributed by atoms with Crippen LogP contribution < -0.4 is 11.1 Å². The lowest BCUT2D eigenvalue weighted by Gasteiger charge is -2.20. The highest BCUT2D eigenvalue weighted by Crippen LogP contribution is 2.46. The van der Waals surface area contributed by atoms with Gasteiger partial charge in [0.2, 0.25) is 5.91 Å². The van der Waals surface area contributed by atoms with Gasteiger partial charge in [0.25, 0.3) is 0 Å². The zero-order chi connectivity index (χ0) is 13.5. The van der Waals surface area contributed by atoms with Crippen LogP contribution >= 0.6 is 0 Å². The van der Waals surface area contributed by atoms with Gasteiger partial charge in [0.1, 0.15) is 0 Å². The highest BCUT2D eigenvalue weighted by molar-refractivity contribution is 5.82. The van der Waals surface area contributed by atoms with E-state index in [9.17, 15) is 18.0 Å². The maximum absolute atomic E-state index is 13.7. The minimum Gasteiger partial charge on any atom is -0.345 e. The van der Waals surface area contributed by atoms with Crippen molar-refractivity contribution in [2.45, 2.75) is 31.3 Å². The van der Waals surface area contributed by atoms with Gasteiger partial charge in [0.05, 0.1) is 11.6 Å². The quantitative estimate of drug-likeness (QED) is 0.808. The number of nitrogens with two attached hydrogens (primary N) is 1. The molecule has 1 aromatic rings. The largest absolute Gasteiger partial charge is 0.345 e. The van der Waals surface area contributed by atoms with Gasteiger partial charge < -0.3 is 11.1 Å².